The van der Waals surface area contributed by atoms with Crippen LogP contribution in [0, 0.1) is 0 Å². The monoisotopic (exact) mass is 144 g/mol. The van der Waals surface area contributed by atoms with E-state index in [2.05, 4.69) is 4.74 Å². The van der Waals surface area contributed by atoms with Gasteiger partial charge in [0, 0.05) is 7.11 Å². The number of ether oxygens (including phenoxy) is 1. The standard InChI is InChI=1S/C6H8O4/c1-10-6(4-8)5(9)2-3-7/h3-4,6H,2H2,1H3. The summed E-state index contributed by atoms with van der Waals surface area (Å²) in [5.41, 5.74) is 0. The maximum Gasteiger partial charge on any atom is 0.175 e. The predicted octanol–water partition coefficient (Wildman–Crippen LogP) is -0.642. The summed E-state index contributed by atoms with van der Waals surface area (Å²) >= 11 is 0. The lowest BCUT2D eigenvalue weighted by Gasteiger charge is -2.02. The molecule has 0 fully saturated rings. The van der Waals surface area contributed by atoms with Crippen LogP contribution in [0.15, 0.2) is 0 Å². The van der Waals surface area contributed by atoms with Crippen LogP contribution in [0.2, 0.25) is 0 Å². The van der Waals surface area contributed by atoms with Crippen molar-refractivity contribution in [2.24, 2.45) is 0 Å². The lowest BCUT2D eigenvalue weighted by Crippen LogP contribution is -2.24. The maximum atomic E-state index is 10.6. The van der Waals surface area contributed by atoms with Crippen LogP contribution in [0.25, 0.3) is 0 Å². The van der Waals surface area contributed by atoms with Crippen LogP contribution in [-0.2, 0) is 19.1 Å². The molecule has 0 bridgehead atoms. The topological polar surface area (TPSA) is 60.4 Å². The highest BCUT2D eigenvalue weighted by molar-refractivity contribution is 6.01. The van der Waals surface area contributed by atoms with E-state index < -0.39 is 11.9 Å². The molecule has 0 N–H and O–H groups in total. The van der Waals surface area contributed by atoms with Gasteiger partial charge in [0.25, 0.3) is 0 Å². The quantitative estimate of drug-likeness (QED) is 0.380. The summed E-state index contributed by atoms with van der Waals surface area (Å²) in [5.74, 6) is -0.507. The number of hydrogen-bond acceptors (Lipinski definition) is 4. The molecule has 0 saturated heterocycles. The summed E-state index contributed by atoms with van der Waals surface area (Å²) in [6.07, 6.45) is -0.536. The fraction of sp³-hybridized carbons (Fsp3) is 0.500. The largest absolute Gasteiger partial charge is 0.366 e. The van der Waals surface area contributed by atoms with E-state index >= 15 is 0 Å². The van der Waals surface area contributed by atoms with Crippen LogP contribution < -0.4 is 0 Å². The van der Waals surface area contributed by atoms with E-state index in [4.69, 9.17) is 0 Å². The minimum absolute atomic E-state index is 0.267. The van der Waals surface area contributed by atoms with Gasteiger partial charge in [-0.25, -0.2) is 0 Å². The van der Waals surface area contributed by atoms with E-state index in [9.17, 15) is 14.4 Å². The molecule has 4 nitrogen and oxygen atoms in total. The van der Waals surface area contributed by atoms with Crippen LogP contribution in [0.5, 0.6) is 0 Å². The van der Waals surface area contributed by atoms with Crippen molar-refractivity contribution in [3.05, 3.63) is 0 Å². The van der Waals surface area contributed by atoms with Crippen LogP contribution in [0.4, 0.5) is 0 Å². The van der Waals surface area contributed by atoms with Gasteiger partial charge < -0.3 is 9.53 Å². The van der Waals surface area contributed by atoms with Gasteiger partial charge in [0.2, 0.25) is 0 Å². The van der Waals surface area contributed by atoms with E-state index in [1.54, 1.807) is 0 Å². The molecule has 56 valence electrons. The Labute approximate surface area is 58.2 Å². The van der Waals surface area contributed by atoms with Crippen molar-refractivity contribution in [2.45, 2.75) is 12.5 Å². The van der Waals surface area contributed by atoms with Crippen molar-refractivity contribution >= 4 is 18.4 Å². The normalized spacial score (nSPS) is 12.1. The number of hydrogen-bond donors (Lipinski definition) is 0. The fourth-order valence-electron chi connectivity index (χ4n) is 0.461. The smallest absolute Gasteiger partial charge is 0.175 e. The number of carbonyl (C=O) groups is 3. The molecule has 0 heterocycles. The van der Waals surface area contributed by atoms with Crippen molar-refractivity contribution in [3.63, 3.8) is 0 Å². The third-order valence-electron chi connectivity index (χ3n) is 0.979. The minimum Gasteiger partial charge on any atom is -0.366 e. The first-order chi connectivity index (χ1) is 4.76. The molecule has 0 radical (unpaired) electrons. The summed E-state index contributed by atoms with van der Waals surface area (Å²) in [6, 6.07) is 0. The first-order valence-corrected chi connectivity index (χ1v) is 2.70. The number of ketones is 1. The van der Waals surface area contributed by atoms with Gasteiger partial charge in [0.15, 0.2) is 18.2 Å². The number of aldehydes is 2. The van der Waals surface area contributed by atoms with E-state index in [0.29, 0.717) is 12.6 Å². The van der Waals surface area contributed by atoms with Gasteiger partial charge in [-0.3, -0.25) is 9.59 Å². The summed E-state index contributed by atoms with van der Waals surface area (Å²) in [6.45, 7) is 0. The Balaban J connectivity index is 3.87. The van der Waals surface area contributed by atoms with Crippen LogP contribution in [-0.4, -0.2) is 31.6 Å². The highest BCUT2D eigenvalue weighted by Crippen LogP contribution is 1.90. The molecule has 0 spiro atoms. The minimum atomic E-state index is -1.08. The molecule has 10 heavy (non-hydrogen) atoms. The zero-order chi connectivity index (χ0) is 7.98. The summed E-state index contributed by atoms with van der Waals surface area (Å²) in [5, 5.41) is 0. The number of rotatable bonds is 5. The molecule has 0 aromatic carbocycles. The Hall–Kier alpha value is -1.03. The van der Waals surface area contributed by atoms with Crippen LogP contribution in [0.1, 0.15) is 6.42 Å². The number of methoxy groups -OCH3 is 1. The van der Waals surface area contributed by atoms with Gasteiger partial charge in [-0.2, -0.15) is 0 Å². The summed E-state index contributed by atoms with van der Waals surface area (Å²) < 4.78 is 4.44. The van der Waals surface area contributed by atoms with Crippen molar-refractivity contribution in [1.29, 1.82) is 0 Å². The lowest BCUT2D eigenvalue weighted by molar-refractivity contribution is -0.135. The second-order valence-electron chi connectivity index (χ2n) is 1.63. The van der Waals surface area contributed by atoms with Crippen molar-refractivity contribution in [1.82, 2.24) is 0 Å². The molecule has 0 saturated carbocycles. The van der Waals surface area contributed by atoms with Gasteiger partial charge in [-0.15, -0.1) is 0 Å². The highest BCUT2D eigenvalue weighted by Gasteiger charge is 2.14. The molecule has 0 aliphatic heterocycles. The SMILES string of the molecule is COC(C=O)C(=O)CC=O. The molecule has 0 aliphatic rings. The first-order valence-electron chi connectivity index (χ1n) is 2.70. The molecule has 0 aromatic rings. The zero-order valence-corrected chi connectivity index (χ0v) is 5.57. The average molecular weight is 144 g/mol. The van der Waals surface area contributed by atoms with Crippen LogP contribution >= 0.6 is 0 Å². The Morgan fingerprint density at radius 3 is 2.50 bits per heavy atom. The van der Waals surface area contributed by atoms with Crippen LogP contribution in [0.3, 0.4) is 0 Å². The Morgan fingerprint density at radius 1 is 1.60 bits per heavy atom. The molecule has 0 aliphatic carbocycles. The summed E-state index contributed by atoms with van der Waals surface area (Å²) in [4.78, 5) is 30.4. The van der Waals surface area contributed by atoms with Crippen molar-refractivity contribution in [3.8, 4) is 0 Å². The molecule has 1 atom stereocenters. The Kier molecular flexibility index (Phi) is 4.32. The maximum absolute atomic E-state index is 10.6. The Morgan fingerprint density at radius 2 is 2.20 bits per heavy atom. The Bertz CT molecular complexity index is 141. The number of Topliss-reactive ketones (excluding diaryl/α,β-unsaturated/α-hetero) is 1. The summed E-state index contributed by atoms with van der Waals surface area (Å²) in [7, 11) is 1.24. The molecule has 0 aromatic heterocycles. The molecular weight excluding hydrogens is 136 g/mol. The van der Waals surface area contributed by atoms with E-state index in [0.717, 1.165) is 0 Å². The third kappa shape index (κ3) is 2.50. The fourth-order valence-corrected chi connectivity index (χ4v) is 0.461. The van der Waals surface area contributed by atoms with Gasteiger partial charge in [-0.05, 0) is 0 Å². The average Bonchev–Trinajstić information content (AvgIpc) is 1.91. The van der Waals surface area contributed by atoms with E-state index in [1.807, 2.05) is 0 Å². The van der Waals surface area contributed by atoms with Gasteiger partial charge in [0.1, 0.15) is 6.29 Å². The molecule has 1 unspecified atom stereocenters. The predicted molar refractivity (Wildman–Crippen MR) is 32.5 cm³/mol. The van der Waals surface area contributed by atoms with Gasteiger partial charge >= 0.3 is 0 Å². The lowest BCUT2D eigenvalue weighted by atomic mass is 10.2. The van der Waals surface area contributed by atoms with Crippen molar-refractivity contribution in [2.75, 3.05) is 7.11 Å². The van der Waals surface area contributed by atoms with E-state index in [-0.39, 0.29) is 6.42 Å². The first kappa shape index (κ1) is 8.97. The van der Waals surface area contributed by atoms with Gasteiger partial charge in [-0.1, -0.05) is 0 Å². The second kappa shape index (κ2) is 4.81. The molecule has 0 amide bonds. The third-order valence-corrected chi connectivity index (χ3v) is 0.979. The second-order valence-corrected chi connectivity index (χ2v) is 1.63. The molecular formula is C6H8O4. The van der Waals surface area contributed by atoms with E-state index in [1.165, 1.54) is 7.11 Å². The number of carbonyl (C=O) groups excluding carboxylic acids is 3. The zero-order valence-electron chi connectivity index (χ0n) is 5.57. The van der Waals surface area contributed by atoms with Crippen molar-refractivity contribution < 1.29 is 19.1 Å². The molecule has 4 heteroatoms. The van der Waals surface area contributed by atoms with Gasteiger partial charge in [0.05, 0.1) is 6.42 Å². The molecule has 0 rings (SSSR count). The highest BCUT2D eigenvalue weighted by atomic mass is 16.5.